The van der Waals surface area contributed by atoms with Gasteiger partial charge >= 0.3 is 0 Å². The van der Waals surface area contributed by atoms with E-state index in [-0.39, 0.29) is 5.78 Å². The first-order valence-electron chi connectivity index (χ1n) is 9.70. The van der Waals surface area contributed by atoms with Gasteiger partial charge in [-0.1, -0.05) is 36.4 Å². The Morgan fingerprint density at radius 1 is 0.900 bits per heavy atom. The average Bonchev–Trinajstić information content (AvgIpc) is 3.46. The van der Waals surface area contributed by atoms with Crippen molar-refractivity contribution in [2.45, 2.75) is 0 Å². The number of rotatable bonds is 3. The number of hydrogen-bond donors (Lipinski definition) is 3. The number of H-pyrrole nitrogens is 3. The lowest BCUT2D eigenvalue weighted by atomic mass is 10.0. The standard InChI is InChI=1S/C23H18N6O/c1-29(2)23-27-18-17-13-8-4-6-10-16(13)25-22(17)26-20(19(18)28-23)21(30)14-11-24-15-9-5-3-7-12(14)15/h3-11,24H,1-2H3,(H,25,26)(H,27,28). The zero-order chi connectivity index (χ0) is 20.4. The van der Waals surface area contributed by atoms with Crippen LogP contribution in [0.15, 0.2) is 54.7 Å². The number of carbonyl (C=O) groups is 1. The van der Waals surface area contributed by atoms with Gasteiger partial charge in [0.25, 0.3) is 0 Å². The summed E-state index contributed by atoms with van der Waals surface area (Å²) >= 11 is 0. The molecular formula is C23H18N6O. The minimum absolute atomic E-state index is 0.146. The van der Waals surface area contributed by atoms with Crippen molar-refractivity contribution in [2.24, 2.45) is 0 Å². The van der Waals surface area contributed by atoms with Gasteiger partial charge in [-0.2, -0.15) is 0 Å². The van der Waals surface area contributed by atoms with Gasteiger partial charge < -0.3 is 19.9 Å². The van der Waals surface area contributed by atoms with Gasteiger partial charge in [0, 0.05) is 47.7 Å². The van der Waals surface area contributed by atoms with Crippen LogP contribution in [0.1, 0.15) is 16.1 Å². The van der Waals surface area contributed by atoms with Crippen LogP contribution in [-0.4, -0.2) is 44.8 Å². The topological polar surface area (TPSA) is 93.5 Å². The van der Waals surface area contributed by atoms with Crippen molar-refractivity contribution in [1.82, 2.24) is 24.9 Å². The molecule has 0 spiro atoms. The third-order valence-corrected chi connectivity index (χ3v) is 5.55. The van der Waals surface area contributed by atoms with Crippen LogP contribution in [-0.2, 0) is 0 Å². The number of pyridine rings is 1. The van der Waals surface area contributed by atoms with Crippen molar-refractivity contribution >= 4 is 55.6 Å². The monoisotopic (exact) mass is 394 g/mol. The van der Waals surface area contributed by atoms with Gasteiger partial charge in [-0.15, -0.1) is 0 Å². The van der Waals surface area contributed by atoms with E-state index in [1.165, 1.54) is 0 Å². The number of nitrogens with zero attached hydrogens (tertiary/aromatic N) is 3. The second-order valence-electron chi connectivity index (χ2n) is 7.61. The summed E-state index contributed by atoms with van der Waals surface area (Å²) in [5, 5.41) is 2.83. The van der Waals surface area contributed by atoms with E-state index < -0.39 is 0 Å². The Morgan fingerprint density at radius 3 is 2.43 bits per heavy atom. The van der Waals surface area contributed by atoms with Crippen molar-refractivity contribution in [3.63, 3.8) is 0 Å². The first-order valence-corrected chi connectivity index (χ1v) is 9.70. The van der Waals surface area contributed by atoms with E-state index in [0.29, 0.717) is 28.4 Å². The van der Waals surface area contributed by atoms with Crippen LogP contribution in [0.5, 0.6) is 0 Å². The molecule has 146 valence electrons. The lowest BCUT2D eigenvalue weighted by Crippen LogP contribution is -2.10. The maximum absolute atomic E-state index is 13.6. The number of benzene rings is 2. The summed E-state index contributed by atoms with van der Waals surface area (Å²) in [5.41, 5.74) is 4.87. The Morgan fingerprint density at radius 2 is 1.63 bits per heavy atom. The predicted octanol–water partition coefficient (Wildman–Crippen LogP) is 4.37. The zero-order valence-corrected chi connectivity index (χ0v) is 16.4. The van der Waals surface area contributed by atoms with E-state index in [2.05, 4.69) is 15.0 Å². The molecule has 4 heterocycles. The molecule has 0 aliphatic rings. The molecule has 6 rings (SSSR count). The molecule has 6 aromatic rings. The van der Waals surface area contributed by atoms with Gasteiger partial charge in [-0.05, 0) is 12.1 Å². The van der Waals surface area contributed by atoms with Gasteiger partial charge in [-0.3, -0.25) is 4.79 Å². The highest BCUT2D eigenvalue weighted by Crippen LogP contribution is 2.34. The number of aromatic nitrogens is 5. The van der Waals surface area contributed by atoms with Crippen molar-refractivity contribution < 1.29 is 4.79 Å². The van der Waals surface area contributed by atoms with Gasteiger partial charge in [0.05, 0.1) is 10.9 Å². The molecule has 0 fully saturated rings. The molecule has 3 N–H and O–H groups in total. The number of aromatic amines is 3. The van der Waals surface area contributed by atoms with Crippen LogP contribution in [0, 0.1) is 0 Å². The molecular weight excluding hydrogens is 376 g/mol. The molecule has 0 aliphatic carbocycles. The molecule has 4 aromatic heterocycles. The second kappa shape index (κ2) is 5.93. The molecule has 0 saturated carbocycles. The highest BCUT2D eigenvalue weighted by molar-refractivity contribution is 6.25. The highest BCUT2D eigenvalue weighted by atomic mass is 16.1. The van der Waals surface area contributed by atoms with Gasteiger partial charge in [-0.25, -0.2) is 9.97 Å². The van der Waals surface area contributed by atoms with Gasteiger partial charge in [0.1, 0.15) is 16.9 Å². The largest absolute Gasteiger partial charge is 0.360 e. The number of fused-ring (bicyclic) bond motifs is 6. The Hall–Kier alpha value is -4.13. The van der Waals surface area contributed by atoms with Crippen LogP contribution in [0.3, 0.4) is 0 Å². The Labute approximate surface area is 170 Å². The van der Waals surface area contributed by atoms with E-state index in [4.69, 9.17) is 9.97 Å². The quantitative estimate of drug-likeness (QED) is 0.389. The SMILES string of the molecule is CN(C)c1nc2c([nH]1)c(C(=O)c1c[nH]c3ccccc13)nc1[nH]c3ccccc3c12. The Balaban J connectivity index is 1.70. The number of hydrogen-bond acceptors (Lipinski definition) is 4. The number of ketones is 1. The van der Waals surface area contributed by atoms with Crippen LogP contribution in [0.4, 0.5) is 5.95 Å². The molecule has 0 aliphatic heterocycles. The fraction of sp³-hybridized carbons (Fsp3) is 0.0870. The van der Waals surface area contributed by atoms with Gasteiger partial charge in [0.15, 0.2) is 0 Å². The Bertz CT molecular complexity index is 1600. The highest BCUT2D eigenvalue weighted by Gasteiger charge is 2.24. The minimum atomic E-state index is -0.146. The molecule has 30 heavy (non-hydrogen) atoms. The maximum atomic E-state index is 13.6. The Kier molecular flexibility index (Phi) is 3.32. The molecule has 7 nitrogen and oxygen atoms in total. The summed E-state index contributed by atoms with van der Waals surface area (Å²) in [6.07, 6.45) is 1.75. The van der Waals surface area contributed by atoms with E-state index in [0.717, 1.165) is 32.7 Å². The van der Waals surface area contributed by atoms with Gasteiger partial charge in [0.2, 0.25) is 11.7 Å². The third-order valence-electron chi connectivity index (χ3n) is 5.55. The molecule has 0 unspecified atom stereocenters. The molecule has 2 aromatic carbocycles. The summed E-state index contributed by atoms with van der Waals surface area (Å²) in [6.45, 7) is 0. The number of imidazole rings is 1. The average molecular weight is 394 g/mol. The predicted molar refractivity (Wildman–Crippen MR) is 119 cm³/mol. The van der Waals surface area contributed by atoms with Crippen LogP contribution in [0.2, 0.25) is 0 Å². The summed E-state index contributed by atoms with van der Waals surface area (Å²) < 4.78 is 0. The normalized spacial score (nSPS) is 11.8. The van der Waals surface area contributed by atoms with Crippen molar-refractivity contribution in [3.05, 3.63) is 66.0 Å². The molecule has 0 saturated heterocycles. The number of para-hydroxylation sites is 2. The van der Waals surface area contributed by atoms with Crippen LogP contribution < -0.4 is 4.90 Å². The lowest BCUT2D eigenvalue weighted by Gasteiger charge is -2.05. The van der Waals surface area contributed by atoms with E-state index >= 15 is 0 Å². The molecule has 0 amide bonds. The lowest BCUT2D eigenvalue weighted by molar-refractivity contribution is 0.103. The maximum Gasteiger partial charge on any atom is 0.215 e. The number of anilines is 1. The van der Waals surface area contributed by atoms with Crippen LogP contribution >= 0.6 is 0 Å². The molecule has 0 atom stereocenters. The summed E-state index contributed by atoms with van der Waals surface area (Å²) in [4.78, 5) is 34.9. The van der Waals surface area contributed by atoms with Crippen molar-refractivity contribution in [1.29, 1.82) is 0 Å². The second-order valence-corrected chi connectivity index (χ2v) is 7.61. The third kappa shape index (κ3) is 2.23. The van der Waals surface area contributed by atoms with E-state index in [1.807, 2.05) is 67.5 Å². The molecule has 0 bridgehead atoms. The fourth-order valence-corrected chi connectivity index (χ4v) is 4.10. The number of carbonyl (C=O) groups excluding carboxylic acids is 1. The van der Waals surface area contributed by atoms with Crippen LogP contribution in [0.25, 0.3) is 43.9 Å². The van der Waals surface area contributed by atoms with Crippen molar-refractivity contribution in [2.75, 3.05) is 19.0 Å². The molecule has 7 heteroatoms. The summed E-state index contributed by atoms with van der Waals surface area (Å²) in [6, 6.07) is 15.8. The fourth-order valence-electron chi connectivity index (χ4n) is 4.10. The minimum Gasteiger partial charge on any atom is -0.360 e. The van der Waals surface area contributed by atoms with E-state index in [1.54, 1.807) is 6.20 Å². The summed E-state index contributed by atoms with van der Waals surface area (Å²) in [7, 11) is 3.83. The first kappa shape index (κ1) is 16.8. The van der Waals surface area contributed by atoms with E-state index in [9.17, 15) is 4.79 Å². The smallest absolute Gasteiger partial charge is 0.215 e. The first-order chi connectivity index (χ1) is 14.6. The molecule has 0 radical (unpaired) electrons. The number of nitrogens with one attached hydrogen (secondary N) is 3. The van der Waals surface area contributed by atoms with Crippen molar-refractivity contribution in [3.8, 4) is 0 Å². The summed E-state index contributed by atoms with van der Waals surface area (Å²) in [5.74, 6) is 0.532. The zero-order valence-electron chi connectivity index (χ0n) is 16.4.